The molecule has 0 aliphatic carbocycles. The van der Waals surface area contributed by atoms with Gasteiger partial charge in [0, 0.05) is 65.9 Å². The van der Waals surface area contributed by atoms with Crippen LogP contribution in [0.1, 0.15) is 6.42 Å². The molecule has 10 heteroatoms. The molecule has 0 bridgehead atoms. The molecular weight excluding hydrogens is 383 g/mol. The van der Waals surface area contributed by atoms with Crippen LogP contribution in [0.5, 0.6) is 0 Å². The molecule has 0 radical (unpaired) electrons. The molecule has 2 aliphatic rings. The summed E-state index contributed by atoms with van der Waals surface area (Å²) < 4.78 is 10.3. The van der Waals surface area contributed by atoms with E-state index in [0.29, 0.717) is 39.2 Å². The molecule has 0 aromatic carbocycles. The Morgan fingerprint density at radius 3 is 2.62 bits per heavy atom. The fourth-order valence-electron chi connectivity index (χ4n) is 2.97. The predicted octanol–water partition coefficient (Wildman–Crippen LogP) is -0.637. The molecule has 0 spiro atoms. The number of rotatable bonds is 10. The highest BCUT2D eigenvalue weighted by Gasteiger charge is 2.34. The van der Waals surface area contributed by atoms with Crippen LogP contribution in [0.3, 0.4) is 0 Å². The first-order valence-electron chi connectivity index (χ1n) is 8.76. The summed E-state index contributed by atoms with van der Waals surface area (Å²) in [5, 5.41) is 6.07. The number of hydrogen-bond acceptors (Lipinski definition) is 6. The van der Waals surface area contributed by atoms with E-state index in [-0.39, 0.29) is 42.5 Å². The van der Waals surface area contributed by atoms with Crippen LogP contribution in [-0.4, -0.2) is 101 Å². The molecule has 1 unspecified atom stereocenters. The number of nitrogens with one attached hydrogen (secondary N) is 2. The Balaban J connectivity index is 0.00000312. The van der Waals surface area contributed by atoms with Crippen molar-refractivity contribution in [1.82, 2.24) is 20.4 Å². The Kier molecular flexibility index (Phi) is 14.1. The minimum atomic E-state index is -0.221. The number of nitrogens with zero attached hydrogens (tertiary/aromatic N) is 2. The average Bonchev–Trinajstić information content (AvgIpc) is 2.98. The van der Waals surface area contributed by atoms with E-state index < -0.39 is 0 Å². The van der Waals surface area contributed by atoms with Gasteiger partial charge >= 0.3 is 0 Å². The second kappa shape index (κ2) is 14.4. The summed E-state index contributed by atoms with van der Waals surface area (Å²) in [6.45, 7) is 8.14. The summed E-state index contributed by atoms with van der Waals surface area (Å²) in [6.07, 6.45) is 0.325. The van der Waals surface area contributed by atoms with E-state index in [1.807, 2.05) is 4.90 Å². The third kappa shape index (κ3) is 8.83. The number of methoxy groups -OCH3 is 1. The fraction of sp³-hybridized carbons (Fsp3) is 0.875. The quantitative estimate of drug-likeness (QED) is 0.462. The Bertz CT molecular complexity index is 412. The van der Waals surface area contributed by atoms with Crippen LogP contribution in [0, 0.1) is 5.92 Å². The van der Waals surface area contributed by atoms with Crippen molar-refractivity contribution >= 4 is 36.6 Å². The van der Waals surface area contributed by atoms with E-state index >= 15 is 0 Å². The lowest BCUT2D eigenvalue weighted by molar-refractivity contribution is -0.129. The van der Waals surface area contributed by atoms with E-state index in [9.17, 15) is 9.59 Å². The van der Waals surface area contributed by atoms with Crippen molar-refractivity contribution in [2.45, 2.75) is 6.42 Å². The number of ether oxygens (including phenoxy) is 2. The molecular formula is C16H32Cl2N4O4. The normalized spacial score (nSPS) is 20.4. The summed E-state index contributed by atoms with van der Waals surface area (Å²) in [5.74, 6) is -0.159. The van der Waals surface area contributed by atoms with Gasteiger partial charge in [-0.05, 0) is 0 Å². The lowest BCUT2D eigenvalue weighted by Crippen LogP contribution is -2.42. The zero-order valence-electron chi connectivity index (χ0n) is 15.4. The molecule has 8 nitrogen and oxygen atoms in total. The van der Waals surface area contributed by atoms with Gasteiger partial charge in [-0.15, -0.1) is 24.8 Å². The van der Waals surface area contributed by atoms with Gasteiger partial charge in [-0.1, -0.05) is 0 Å². The van der Waals surface area contributed by atoms with Crippen LogP contribution >= 0.6 is 24.8 Å². The van der Waals surface area contributed by atoms with Crippen molar-refractivity contribution in [3.8, 4) is 0 Å². The van der Waals surface area contributed by atoms with Crippen LogP contribution in [0.15, 0.2) is 0 Å². The SMILES string of the molecule is COCCNCCNC(=O)C1CC(=O)N(CCN2CCOCC2)C1.Cl.Cl. The average molecular weight is 415 g/mol. The van der Waals surface area contributed by atoms with Crippen molar-refractivity contribution < 1.29 is 19.1 Å². The first-order valence-corrected chi connectivity index (χ1v) is 8.76. The number of morpholine rings is 1. The Morgan fingerprint density at radius 1 is 1.19 bits per heavy atom. The van der Waals surface area contributed by atoms with Crippen LogP contribution in [0.2, 0.25) is 0 Å². The molecule has 0 aromatic heterocycles. The number of amides is 2. The Labute approximate surface area is 168 Å². The lowest BCUT2D eigenvalue weighted by atomic mass is 10.1. The van der Waals surface area contributed by atoms with Gasteiger partial charge in [-0.25, -0.2) is 0 Å². The smallest absolute Gasteiger partial charge is 0.225 e. The van der Waals surface area contributed by atoms with Gasteiger partial charge in [0.15, 0.2) is 0 Å². The maximum atomic E-state index is 12.2. The van der Waals surface area contributed by atoms with Crippen molar-refractivity contribution in [2.75, 3.05) is 79.3 Å². The molecule has 26 heavy (non-hydrogen) atoms. The van der Waals surface area contributed by atoms with Gasteiger partial charge in [-0.3, -0.25) is 14.5 Å². The van der Waals surface area contributed by atoms with Crippen LogP contribution < -0.4 is 10.6 Å². The van der Waals surface area contributed by atoms with E-state index in [1.165, 1.54) is 0 Å². The zero-order chi connectivity index (χ0) is 17.2. The predicted molar refractivity (Wildman–Crippen MR) is 104 cm³/mol. The van der Waals surface area contributed by atoms with Crippen molar-refractivity contribution in [3.63, 3.8) is 0 Å². The second-order valence-corrected chi connectivity index (χ2v) is 6.23. The molecule has 0 aromatic rings. The Hall–Kier alpha value is -0.640. The summed E-state index contributed by atoms with van der Waals surface area (Å²) in [6, 6.07) is 0. The number of carbonyl (C=O) groups excluding carboxylic acids is 2. The molecule has 2 saturated heterocycles. The van der Waals surface area contributed by atoms with Crippen molar-refractivity contribution in [1.29, 1.82) is 0 Å². The first kappa shape index (κ1) is 25.4. The van der Waals surface area contributed by atoms with Gasteiger partial charge in [0.1, 0.15) is 0 Å². The standard InChI is InChI=1S/C16H30N4O4.2ClH/c1-23-9-4-17-2-3-18-16(22)14-12-15(21)20(13-14)6-5-19-7-10-24-11-8-19;;/h14,17H,2-13H2,1H3,(H,18,22);2*1H. The number of hydrogen-bond donors (Lipinski definition) is 2. The number of carbonyl (C=O) groups is 2. The summed E-state index contributed by atoms with van der Waals surface area (Å²) in [7, 11) is 1.66. The monoisotopic (exact) mass is 414 g/mol. The number of likely N-dealkylation sites (tertiary alicyclic amines) is 1. The molecule has 2 fully saturated rings. The molecule has 0 saturated carbocycles. The van der Waals surface area contributed by atoms with Crippen molar-refractivity contribution in [3.05, 3.63) is 0 Å². The van der Waals surface area contributed by atoms with E-state index in [1.54, 1.807) is 7.11 Å². The maximum Gasteiger partial charge on any atom is 0.225 e. The zero-order valence-corrected chi connectivity index (χ0v) is 17.0. The van der Waals surface area contributed by atoms with Gasteiger partial charge in [0.2, 0.25) is 11.8 Å². The molecule has 2 heterocycles. The summed E-state index contributed by atoms with van der Waals surface area (Å²) in [4.78, 5) is 28.4. The third-order valence-electron chi connectivity index (χ3n) is 4.46. The van der Waals surface area contributed by atoms with Gasteiger partial charge < -0.3 is 25.0 Å². The molecule has 2 rings (SSSR count). The second-order valence-electron chi connectivity index (χ2n) is 6.23. The maximum absolute atomic E-state index is 12.2. The summed E-state index contributed by atoms with van der Waals surface area (Å²) in [5.41, 5.74) is 0. The van der Waals surface area contributed by atoms with Gasteiger partial charge in [0.25, 0.3) is 0 Å². The minimum absolute atomic E-state index is 0. The van der Waals surface area contributed by atoms with Crippen LogP contribution in [0.25, 0.3) is 0 Å². The highest BCUT2D eigenvalue weighted by Crippen LogP contribution is 2.17. The third-order valence-corrected chi connectivity index (χ3v) is 4.46. The topological polar surface area (TPSA) is 83.1 Å². The van der Waals surface area contributed by atoms with Crippen molar-refractivity contribution in [2.24, 2.45) is 5.92 Å². The minimum Gasteiger partial charge on any atom is -0.383 e. The molecule has 2 N–H and O–H groups in total. The van der Waals surface area contributed by atoms with Crippen LogP contribution in [-0.2, 0) is 19.1 Å². The first-order chi connectivity index (χ1) is 11.7. The molecule has 2 amide bonds. The highest BCUT2D eigenvalue weighted by molar-refractivity contribution is 5.89. The fourth-order valence-corrected chi connectivity index (χ4v) is 2.97. The molecule has 1 atom stereocenters. The van der Waals surface area contributed by atoms with E-state index in [4.69, 9.17) is 9.47 Å². The van der Waals surface area contributed by atoms with Gasteiger partial charge in [0.05, 0.1) is 25.7 Å². The Morgan fingerprint density at radius 2 is 1.92 bits per heavy atom. The van der Waals surface area contributed by atoms with E-state index in [0.717, 1.165) is 39.4 Å². The molecule has 154 valence electrons. The number of halogens is 2. The summed E-state index contributed by atoms with van der Waals surface area (Å²) >= 11 is 0. The van der Waals surface area contributed by atoms with Crippen LogP contribution in [0.4, 0.5) is 0 Å². The highest BCUT2D eigenvalue weighted by atomic mass is 35.5. The largest absolute Gasteiger partial charge is 0.383 e. The lowest BCUT2D eigenvalue weighted by Gasteiger charge is -2.28. The molecule has 2 aliphatic heterocycles. The van der Waals surface area contributed by atoms with Gasteiger partial charge in [-0.2, -0.15) is 0 Å². The van der Waals surface area contributed by atoms with E-state index in [2.05, 4.69) is 15.5 Å².